The van der Waals surface area contributed by atoms with Crippen LogP contribution in [-0.2, 0) is 4.74 Å². The van der Waals surface area contributed by atoms with Gasteiger partial charge in [-0.25, -0.2) is 0 Å². The highest BCUT2D eigenvalue weighted by molar-refractivity contribution is 7.99. The van der Waals surface area contributed by atoms with E-state index in [1.807, 2.05) is 20.1 Å². The van der Waals surface area contributed by atoms with E-state index >= 15 is 0 Å². The molecule has 1 fully saturated rings. The van der Waals surface area contributed by atoms with Gasteiger partial charge in [0.05, 0.1) is 27.6 Å². The quantitative estimate of drug-likeness (QED) is 0.613. The highest BCUT2D eigenvalue weighted by Crippen LogP contribution is 2.43. The molecule has 0 aromatic carbocycles. The Morgan fingerprint density at radius 2 is 2.19 bits per heavy atom. The van der Waals surface area contributed by atoms with Crippen LogP contribution in [0.25, 0.3) is 0 Å². The smallest absolute Gasteiger partial charge is 0.177 e. The Balaban J connectivity index is 2.27. The summed E-state index contributed by atoms with van der Waals surface area (Å²) in [5, 5.41) is 4.57. The number of rotatable bonds is 6. The molecule has 6 heteroatoms. The number of carbonyl (C=O) groups excluding carboxylic acids is 1. The topological polar surface area (TPSA) is 64.3 Å². The molecule has 1 heterocycles. The van der Waals surface area contributed by atoms with Gasteiger partial charge in [0.15, 0.2) is 5.78 Å². The van der Waals surface area contributed by atoms with Crippen molar-refractivity contribution >= 4 is 39.6 Å². The lowest BCUT2D eigenvalue weighted by atomic mass is 10.1. The normalized spacial score (nSPS) is 22.0. The summed E-state index contributed by atoms with van der Waals surface area (Å²) in [4.78, 5) is 13.9. The molecule has 118 valence electrons. The third-order valence-corrected chi connectivity index (χ3v) is 6.04. The van der Waals surface area contributed by atoms with E-state index < -0.39 is 0 Å². The third kappa shape index (κ3) is 3.38. The molecule has 2 unspecified atom stereocenters. The second-order valence-electron chi connectivity index (χ2n) is 5.68. The monoisotopic (exact) mass is 328 g/mol. The van der Waals surface area contributed by atoms with Crippen molar-refractivity contribution in [3.8, 4) is 0 Å². The van der Waals surface area contributed by atoms with Gasteiger partial charge >= 0.3 is 0 Å². The average Bonchev–Trinajstić information content (AvgIpc) is 3.02. The average molecular weight is 329 g/mol. The zero-order chi connectivity index (χ0) is 15.6. The molecule has 2 atom stereocenters. The molecular weight excluding hydrogens is 304 g/mol. The minimum absolute atomic E-state index is 0.0355. The summed E-state index contributed by atoms with van der Waals surface area (Å²) in [6.07, 6.45) is 5.59. The predicted octanol–water partition coefficient (Wildman–Crippen LogP) is 3.87. The summed E-state index contributed by atoms with van der Waals surface area (Å²) in [7, 11) is 1.76. The Bertz CT molecular complexity index is 514. The summed E-state index contributed by atoms with van der Waals surface area (Å²) < 4.78 is 5.53. The van der Waals surface area contributed by atoms with Crippen molar-refractivity contribution in [1.29, 1.82) is 0 Å². The van der Waals surface area contributed by atoms with Gasteiger partial charge in [0, 0.05) is 13.0 Å². The fraction of sp³-hybridized carbons (Fsp3) is 0.667. The largest absolute Gasteiger partial charge is 0.396 e. The zero-order valence-electron chi connectivity index (χ0n) is 13.1. The van der Waals surface area contributed by atoms with Crippen LogP contribution >= 0.6 is 23.1 Å². The molecule has 0 aliphatic heterocycles. The van der Waals surface area contributed by atoms with Crippen LogP contribution in [0.15, 0.2) is 4.90 Å². The molecule has 4 nitrogen and oxygen atoms in total. The number of anilines is 2. The van der Waals surface area contributed by atoms with Gasteiger partial charge in [-0.1, -0.05) is 13.8 Å². The Labute approximate surface area is 134 Å². The van der Waals surface area contributed by atoms with Crippen LogP contribution in [0.1, 0.15) is 42.8 Å². The number of hydrogen-bond acceptors (Lipinski definition) is 6. The van der Waals surface area contributed by atoms with Crippen LogP contribution < -0.4 is 11.1 Å². The molecule has 0 amide bonds. The molecule has 3 N–H and O–H groups in total. The van der Waals surface area contributed by atoms with Crippen LogP contribution in [0.4, 0.5) is 10.7 Å². The van der Waals surface area contributed by atoms with Gasteiger partial charge in [0.2, 0.25) is 0 Å². The summed E-state index contributed by atoms with van der Waals surface area (Å²) in [5.41, 5.74) is 6.82. The molecule has 1 aliphatic rings. The van der Waals surface area contributed by atoms with E-state index in [1.54, 1.807) is 18.9 Å². The number of carbonyl (C=O) groups is 1. The van der Waals surface area contributed by atoms with Crippen molar-refractivity contribution in [2.45, 2.75) is 50.2 Å². The number of ketones is 1. The van der Waals surface area contributed by atoms with Crippen molar-refractivity contribution < 1.29 is 9.53 Å². The predicted molar refractivity (Wildman–Crippen MR) is 91.7 cm³/mol. The van der Waals surface area contributed by atoms with E-state index in [0.29, 0.717) is 16.6 Å². The van der Waals surface area contributed by atoms with Crippen LogP contribution in [0.5, 0.6) is 0 Å². The molecular formula is C15H24N2O2S2. The molecule has 1 aromatic rings. The fourth-order valence-corrected chi connectivity index (χ4v) is 4.88. The van der Waals surface area contributed by atoms with Gasteiger partial charge in [0.1, 0.15) is 5.00 Å². The van der Waals surface area contributed by atoms with Crippen molar-refractivity contribution in [2.24, 2.45) is 5.92 Å². The summed E-state index contributed by atoms with van der Waals surface area (Å²) >= 11 is 3.08. The molecule has 0 saturated heterocycles. The molecule has 1 aromatic heterocycles. The van der Waals surface area contributed by atoms with Crippen LogP contribution in [0, 0.1) is 5.92 Å². The minimum atomic E-state index is -0.0355. The lowest BCUT2D eigenvalue weighted by Gasteiger charge is -2.20. The Hall–Kier alpha value is -0.720. The number of hydrogen-bond donors (Lipinski definition) is 2. The van der Waals surface area contributed by atoms with Crippen molar-refractivity contribution in [3.05, 3.63) is 4.88 Å². The maximum atomic E-state index is 12.3. The number of nitrogen functional groups attached to an aromatic ring is 1. The minimum Gasteiger partial charge on any atom is -0.396 e. The molecule has 0 spiro atoms. The highest BCUT2D eigenvalue weighted by Gasteiger charge is 2.30. The van der Waals surface area contributed by atoms with E-state index in [0.717, 1.165) is 22.7 Å². The van der Waals surface area contributed by atoms with Crippen molar-refractivity contribution in [1.82, 2.24) is 0 Å². The van der Waals surface area contributed by atoms with E-state index in [9.17, 15) is 4.79 Å². The third-order valence-electron chi connectivity index (χ3n) is 3.92. The second kappa shape index (κ2) is 7.03. The van der Waals surface area contributed by atoms with Crippen LogP contribution in [-0.4, -0.2) is 31.3 Å². The fourth-order valence-electron chi connectivity index (χ4n) is 2.71. The first-order valence-corrected chi connectivity index (χ1v) is 9.33. The maximum Gasteiger partial charge on any atom is 0.177 e. The summed E-state index contributed by atoms with van der Waals surface area (Å²) in [5.74, 6) is 0.0854. The molecule has 2 rings (SSSR count). The number of nitrogens with two attached hydrogens (primary N) is 1. The van der Waals surface area contributed by atoms with Gasteiger partial charge in [-0.2, -0.15) is 0 Å². The zero-order valence-corrected chi connectivity index (χ0v) is 14.7. The number of nitrogens with one attached hydrogen (secondary N) is 1. The van der Waals surface area contributed by atoms with Gasteiger partial charge in [-0.3, -0.25) is 4.79 Å². The van der Waals surface area contributed by atoms with Gasteiger partial charge < -0.3 is 15.8 Å². The number of methoxy groups -OCH3 is 1. The number of thiophene rings is 1. The Kier molecular flexibility index (Phi) is 5.57. The van der Waals surface area contributed by atoms with Crippen LogP contribution in [0.2, 0.25) is 0 Å². The Morgan fingerprint density at radius 1 is 1.48 bits per heavy atom. The highest BCUT2D eigenvalue weighted by atomic mass is 32.2. The Morgan fingerprint density at radius 3 is 2.76 bits per heavy atom. The van der Waals surface area contributed by atoms with Crippen LogP contribution in [0.3, 0.4) is 0 Å². The maximum absolute atomic E-state index is 12.3. The van der Waals surface area contributed by atoms with E-state index in [1.165, 1.54) is 17.8 Å². The second-order valence-corrected chi connectivity index (χ2v) is 7.52. The van der Waals surface area contributed by atoms with Crippen molar-refractivity contribution in [3.63, 3.8) is 0 Å². The lowest BCUT2D eigenvalue weighted by molar-refractivity contribution is 0.0944. The summed E-state index contributed by atoms with van der Waals surface area (Å²) in [6.45, 7) is 3.82. The number of thioether (sulfide) groups is 1. The molecule has 0 radical (unpaired) electrons. The van der Waals surface area contributed by atoms with Gasteiger partial charge in [-0.15, -0.1) is 23.1 Å². The summed E-state index contributed by atoms with van der Waals surface area (Å²) in [6, 6.07) is 0.306. The first-order chi connectivity index (χ1) is 9.99. The first-order valence-electron chi connectivity index (χ1n) is 7.29. The lowest BCUT2D eigenvalue weighted by Crippen LogP contribution is -2.29. The molecule has 21 heavy (non-hydrogen) atoms. The number of Topliss-reactive ketones (excluding diaryl/α,β-unsaturated/α-hetero) is 1. The molecule has 0 bridgehead atoms. The molecule has 1 aliphatic carbocycles. The SMILES string of the molecule is COC1CCCC1Nc1sc(C(=O)C(C)C)c(N)c1SC. The van der Waals surface area contributed by atoms with E-state index in [2.05, 4.69) is 5.32 Å². The van der Waals surface area contributed by atoms with Crippen molar-refractivity contribution in [2.75, 3.05) is 24.4 Å². The van der Waals surface area contributed by atoms with E-state index in [-0.39, 0.29) is 17.8 Å². The van der Waals surface area contributed by atoms with Gasteiger partial charge in [0.25, 0.3) is 0 Å². The first kappa shape index (κ1) is 16.6. The van der Waals surface area contributed by atoms with Gasteiger partial charge in [-0.05, 0) is 25.5 Å². The standard InChI is InChI=1S/C15H24N2O2S2/c1-8(2)12(18)13-11(16)14(20-4)15(21-13)17-9-6-5-7-10(9)19-3/h8-10,17H,5-7,16H2,1-4H3. The number of ether oxygens (including phenoxy) is 1. The molecule has 1 saturated carbocycles. The van der Waals surface area contributed by atoms with E-state index in [4.69, 9.17) is 10.5 Å².